The molecule has 3 saturated heterocycles. The number of nitrogens with zero attached hydrogens (tertiary/aromatic N) is 7. The molecule has 6 rings (SSSR count). The monoisotopic (exact) mass is 527 g/mol. The van der Waals surface area contributed by atoms with Gasteiger partial charge in [0.05, 0.1) is 30.3 Å². The van der Waals surface area contributed by atoms with E-state index in [1.807, 2.05) is 11.0 Å². The number of morpholine rings is 1. The molecule has 13 heteroatoms. The molecule has 3 aromatic rings. The van der Waals surface area contributed by atoms with Crippen LogP contribution in [0, 0.1) is 0 Å². The van der Waals surface area contributed by atoms with Gasteiger partial charge in [-0.05, 0) is 12.1 Å². The fraction of sp³-hybridized carbons (Fsp3) is 0.520. The third kappa shape index (κ3) is 4.88. The van der Waals surface area contributed by atoms with Crippen molar-refractivity contribution in [2.24, 2.45) is 0 Å². The fourth-order valence-corrected chi connectivity index (χ4v) is 5.23. The molecule has 0 radical (unpaired) electrons. The van der Waals surface area contributed by atoms with Crippen LogP contribution < -0.4 is 20.4 Å². The molecule has 0 saturated carbocycles. The molecule has 2 N–H and O–H groups in total. The summed E-state index contributed by atoms with van der Waals surface area (Å²) >= 11 is 0. The van der Waals surface area contributed by atoms with E-state index in [2.05, 4.69) is 25.4 Å². The molecule has 3 aliphatic rings. The zero-order valence-corrected chi connectivity index (χ0v) is 21.0. The van der Waals surface area contributed by atoms with Gasteiger partial charge in [-0.25, -0.2) is 13.8 Å². The van der Waals surface area contributed by atoms with Crippen molar-refractivity contribution in [3.8, 4) is 5.95 Å². The lowest BCUT2D eigenvalue weighted by Gasteiger charge is -2.38. The third-order valence-corrected chi connectivity index (χ3v) is 7.26. The first kappa shape index (κ1) is 24.9. The van der Waals surface area contributed by atoms with Gasteiger partial charge in [-0.15, -0.1) is 0 Å². The van der Waals surface area contributed by atoms with E-state index in [9.17, 15) is 13.6 Å². The second-order valence-electron chi connectivity index (χ2n) is 9.60. The number of para-hydroxylation sites is 2. The number of carbonyl (C=O) groups excluding carboxylic acids is 1. The van der Waals surface area contributed by atoms with E-state index in [0.29, 0.717) is 81.7 Å². The second kappa shape index (κ2) is 10.8. The highest BCUT2D eigenvalue weighted by atomic mass is 19.3. The largest absolute Gasteiger partial charge is 0.378 e. The van der Waals surface area contributed by atoms with Crippen LogP contribution in [-0.4, -0.2) is 108 Å². The molecule has 38 heavy (non-hydrogen) atoms. The van der Waals surface area contributed by atoms with E-state index >= 15 is 0 Å². The van der Waals surface area contributed by atoms with E-state index < -0.39 is 6.43 Å². The van der Waals surface area contributed by atoms with Gasteiger partial charge in [-0.1, -0.05) is 12.1 Å². The molecule has 1 amide bonds. The van der Waals surface area contributed by atoms with Crippen LogP contribution >= 0.6 is 0 Å². The summed E-state index contributed by atoms with van der Waals surface area (Å²) in [5, 5.41) is 6.54. The summed E-state index contributed by atoms with van der Waals surface area (Å²) < 4.78 is 35.1. The average Bonchev–Trinajstić information content (AvgIpc) is 3.38. The van der Waals surface area contributed by atoms with Crippen LogP contribution in [0.25, 0.3) is 17.0 Å². The van der Waals surface area contributed by atoms with Crippen molar-refractivity contribution in [3.63, 3.8) is 0 Å². The zero-order chi connectivity index (χ0) is 26.1. The molecule has 0 aliphatic carbocycles. The molecular formula is C25H31F2N9O2. The topological polar surface area (TPSA) is 104 Å². The van der Waals surface area contributed by atoms with Crippen LogP contribution in [0.4, 0.5) is 20.4 Å². The minimum Gasteiger partial charge on any atom is -0.378 e. The van der Waals surface area contributed by atoms with Crippen LogP contribution in [0.15, 0.2) is 30.3 Å². The van der Waals surface area contributed by atoms with E-state index in [0.717, 1.165) is 13.1 Å². The predicted molar refractivity (Wildman–Crippen MR) is 138 cm³/mol. The number of nitrogens with one attached hydrogen (secondary N) is 2. The molecule has 0 spiro atoms. The van der Waals surface area contributed by atoms with Crippen LogP contribution in [0.1, 0.15) is 12.2 Å². The second-order valence-corrected chi connectivity index (χ2v) is 9.60. The number of imidazole rings is 1. The number of hydrogen-bond donors (Lipinski definition) is 2. The number of ether oxygens (including phenoxy) is 1. The lowest BCUT2D eigenvalue weighted by molar-refractivity contribution is -0.134. The summed E-state index contributed by atoms with van der Waals surface area (Å²) in [6, 6.07) is 8.70. The molecule has 202 valence electrons. The van der Waals surface area contributed by atoms with Crippen LogP contribution in [0.3, 0.4) is 0 Å². The Morgan fingerprint density at radius 2 is 1.66 bits per heavy atom. The lowest BCUT2D eigenvalue weighted by Crippen LogP contribution is -2.59. The van der Waals surface area contributed by atoms with Crippen molar-refractivity contribution in [1.82, 2.24) is 35.1 Å². The molecule has 1 atom stereocenters. The highest BCUT2D eigenvalue weighted by Gasteiger charge is 2.30. The van der Waals surface area contributed by atoms with Crippen LogP contribution in [0.5, 0.6) is 0 Å². The number of benzene rings is 1. The molecule has 3 fully saturated rings. The van der Waals surface area contributed by atoms with Gasteiger partial charge in [0.15, 0.2) is 5.82 Å². The number of hydrogen-bond acceptors (Lipinski definition) is 9. The Kier molecular flexibility index (Phi) is 7.04. The maximum absolute atomic E-state index is 14.1. The molecule has 11 nitrogen and oxygen atoms in total. The number of alkyl halides is 2. The molecule has 2 aromatic heterocycles. The van der Waals surface area contributed by atoms with E-state index in [-0.39, 0.29) is 23.7 Å². The van der Waals surface area contributed by atoms with E-state index in [4.69, 9.17) is 14.7 Å². The van der Waals surface area contributed by atoms with Crippen molar-refractivity contribution in [2.75, 3.05) is 81.9 Å². The van der Waals surface area contributed by atoms with Crippen molar-refractivity contribution in [1.29, 1.82) is 0 Å². The summed E-state index contributed by atoms with van der Waals surface area (Å²) in [5.74, 6) is 1.16. The predicted octanol–water partition coefficient (Wildman–Crippen LogP) is 0.800. The number of rotatable bonds is 5. The first-order chi connectivity index (χ1) is 18.6. The van der Waals surface area contributed by atoms with Gasteiger partial charge in [-0.2, -0.15) is 9.97 Å². The van der Waals surface area contributed by atoms with Crippen molar-refractivity contribution >= 4 is 28.6 Å². The number of anilines is 2. The molecule has 5 heterocycles. The van der Waals surface area contributed by atoms with Gasteiger partial charge in [0.1, 0.15) is 11.6 Å². The number of halogens is 2. The number of carbonyl (C=O) groups is 1. The standard InChI is InChI=1S/C25H31F2N9O2/c26-22(27)23-30-17-3-1-2-4-19(17)36(23)25-31-20(15-21(32-25)34-11-13-38-14-12-34)33-7-9-35(10-8-33)24(37)18-16-28-5-6-29-18/h1-4,15,18,22,28-29H,5-14,16H2. The van der Waals surface area contributed by atoms with Crippen molar-refractivity contribution in [2.45, 2.75) is 12.5 Å². The van der Waals surface area contributed by atoms with E-state index in [1.54, 1.807) is 24.3 Å². The van der Waals surface area contributed by atoms with E-state index in [1.165, 1.54) is 4.57 Å². The summed E-state index contributed by atoms with van der Waals surface area (Å²) in [7, 11) is 0. The number of aromatic nitrogens is 4. The maximum Gasteiger partial charge on any atom is 0.296 e. The Bertz CT molecular complexity index is 1280. The Hall–Kier alpha value is -3.42. The Labute approximate surface area is 218 Å². The molecule has 1 aromatic carbocycles. The smallest absolute Gasteiger partial charge is 0.296 e. The number of amides is 1. The lowest BCUT2D eigenvalue weighted by atomic mass is 10.2. The number of fused-ring (bicyclic) bond motifs is 1. The Morgan fingerprint density at radius 3 is 2.34 bits per heavy atom. The van der Waals surface area contributed by atoms with Gasteiger partial charge >= 0.3 is 0 Å². The van der Waals surface area contributed by atoms with Gasteiger partial charge in [0, 0.05) is 65.0 Å². The molecule has 1 unspecified atom stereocenters. The highest BCUT2D eigenvalue weighted by molar-refractivity contribution is 5.82. The average molecular weight is 528 g/mol. The van der Waals surface area contributed by atoms with Gasteiger partial charge < -0.3 is 30.1 Å². The summed E-state index contributed by atoms with van der Waals surface area (Å²) in [4.78, 5) is 32.7. The Morgan fingerprint density at radius 1 is 0.947 bits per heavy atom. The maximum atomic E-state index is 14.1. The molecular weight excluding hydrogens is 496 g/mol. The highest BCUT2D eigenvalue weighted by Crippen LogP contribution is 2.29. The van der Waals surface area contributed by atoms with Gasteiger partial charge in [0.25, 0.3) is 6.43 Å². The zero-order valence-electron chi connectivity index (χ0n) is 21.0. The number of piperazine rings is 2. The quantitative estimate of drug-likeness (QED) is 0.499. The van der Waals surface area contributed by atoms with Crippen molar-refractivity contribution < 1.29 is 18.3 Å². The SMILES string of the molecule is O=C(C1CNCCN1)N1CCN(c2cc(N3CCOCC3)nc(-n3c(C(F)F)nc4ccccc43)n2)CC1. The Balaban J connectivity index is 1.32. The summed E-state index contributed by atoms with van der Waals surface area (Å²) in [5.41, 5.74) is 0.986. The summed E-state index contributed by atoms with van der Waals surface area (Å²) in [6.45, 7) is 6.95. The minimum atomic E-state index is -2.79. The first-order valence-electron chi connectivity index (χ1n) is 13.0. The minimum absolute atomic E-state index is 0.0979. The normalized spacial score (nSPS) is 20.9. The van der Waals surface area contributed by atoms with Gasteiger partial charge in [0.2, 0.25) is 11.9 Å². The molecule has 3 aliphatic heterocycles. The third-order valence-electron chi connectivity index (χ3n) is 7.26. The molecule has 0 bridgehead atoms. The fourth-order valence-electron chi connectivity index (χ4n) is 5.23. The summed E-state index contributed by atoms with van der Waals surface area (Å²) in [6.07, 6.45) is -2.79. The van der Waals surface area contributed by atoms with Crippen LogP contribution in [0.2, 0.25) is 0 Å². The first-order valence-corrected chi connectivity index (χ1v) is 13.0. The van der Waals surface area contributed by atoms with Crippen molar-refractivity contribution in [3.05, 3.63) is 36.2 Å². The van der Waals surface area contributed by atoms with Crippen LogP contribution in [-0.2, 0) is 9.53 Å². The van der Waals surface area contributed by atoms with Gasteiger partial charge in [-0.3, -0.25) is 9.36 Å².